The molecule has 0 aliphatic rings. The molecule has 2 amide bonds. The van der Waals surface area contributed by atoms with E-state index in [0.29, 0.717) is 12.5 Å². The number of anilines is 1. The molecule has 1 rings (SSSR count). The third kappa shape index (κ3) is 4.75. The standard InChI is InChI=1S/C14H23N3O/c1-10(2)13(8-9-15)17-14(18)16-12-6-4-11(3)5-7-12/h4-7,10,13H,8-9,15H2,1-3H3,(H2,16,17,18). The lowest BCUT2D eigenvalue weighted by atomic mass is 10.0. The van der Waals surface area contributed by atoms with E-state index in [9.17, 15) is 4.79 Å². The van der Waals surface area contributed by atoms with E-state index in [2.05, 4.69) is 24.5 Å². The summed E-state index contributed by atoms with van der Waals surface area (Å²) in [6.45, 7) is 6.74. The Kier molecular flexibility index (Phi) is 5.65. The Morgan fingerprint density at radius 1 is 1.28 bits per heavy atom. The Balaban J connectivity index is 2.52. The number of nitrogens with one attached hydrogen (secondary N) is 2. The highest BCUT2D eigenvalue weighted by Crippen LogP contribution is 2.09. The van der Waals surface area contributed by atoms with Gasteiger partial charge < -0.3 is 16.4 Å². The van der Waals surface area contributed by atoms with E-state index in [1.54, 1.807) is 0 Å². The van der Waals surface area contributed by atoms with Crippen LogP contribution in [0.3, 0.4) is 0 Å². The first-order valence-electron chi connectivity index (χ1n) is 6.37. The molecule has 0 spiro atoms. The van der Waals surface area contributed by atoms with Crippen LogP contribution in [0.15, 0.2) is 24.3 Å². The molecule has 0 heterocycles. The van der Waals surface area contributed by atoms with Gasteiger partial charge in [0.25, 0.3) is 0 Å². The van der Waals surface area contributed by atoms with Crippen molar-refractivity contribution in [3.63, 3.8) is 0 Å². The topological polar surface area (TPSA) is 67.2 Å². The van der Waals surface area contributed by atoms with Crippen LogP contribution in [-0.2, 0) is 0 Å². The molecule has 1 atom stereocenters. The van der Waals surface area contributed by atoms with Gasteiger partial charge in [0.05, 0.1) is 0 Å². The highest BCUT2D eigenvalue weighted by molar-refractivity contribution is 5.89. The van der Waals surface area contributed by atoms with Crippen LogP contribution >= 0.6 is 0 Å². The highest BCUT2D eigenvalue weighted by atomic mass is 16.2. The van der Waals surface area contributed by atoms with Crippen LogP contribution in [0.2, 0.25) is 0 Å². The van der Waals surface area contributed by atoms with Gasteiger partial charge in [-0.3, -0.25) is 0 Å². The molecule has 18 heavy (non-hydrogen) atoms. The minimum absolute atomic E-state index is 0.112. The van der Waals surface area contributed by atoms with Crippen molar-refractivity contribution in [2.24, 2.45) is 11.7 Å². The van der Waals surface area contributed by atoms with Crippen molar-refractivity contribution >= 4 is 11.7 Å². The van der Waals surface area contributed by atoms with Gasteiger partial charge in [0, 0.05) is 11.7 Å². The lowest BCUT2D eigenvalue weighted by Crippen LogP contribution is -2.42. The molecule has 1 aromatic rings. The second-order valence-electron chi connectivity index (χ2n) is 4.89. The van der Waals surface area contributed by atoms with E-state index in [-0.39, 0.29) is 12.1 Å². The Labute approximate surface area is 109 Å². The number of hydrogen-bond acceptors (Lipinski definition) is 2. The molecular weight excluding hydrogens is 226 g/mol. The van der Waals surface area contributed by atoms with Crippen LogP contribution in [0.1, 0.15) is 25.8 Å². The predicted molar refractivity (Wildman–Crippen MR) is 75.6 cm³/mol. The van der Waals surface area contributed by atoms with Crippen molar-refractivity contribution < 1.29 is 4.79 Å². The summed E-state index contributed by atoms with van der Waals surface area (Å²) in [5.74, 6) is 0.373. The molecule has 0 saturated heterocycles. The first-order valence-corrected chi connectivity index (χ1v) is 6.37. The molecule has 4 nitrogen and oxygen atoms in total. The van der Waals surface area contributed by atoms with Crippen LogP contribution in [0.25, 0.3) is 0 Å². The van der Waals surface area contributed by atoms with Gasteiger partial charge in [-0.05, 0) is 37.9 Å². The molecule has 0 fully saturated rings. The van der Waals surface area contributed by atoms with Crippen LogP contribution in [0.4, 0.5) is 10.5 Å². The largest absolute Gasteiger partial charge is 0.335 e. The fourth-order valence-electron chi connectivity index (χ4n) is 1.72. The zero-order valence-electron chi connectivity index (χ0n) is 11.4. The fourth-order valence-corrected chi connectivity index (χ4v) is 1.72. The minimum atomic E-state index is -0.175. The first-order chi connectivity index (χ1) is 8.52. The summed E-state index contributed by atoms with van der Waals surface area (Å²) in [5, 5.41) is 5.77. The monoisotopic (exact) mass is 249 g/mol. The number of aryl methyl sites for hydroxylation is 1. The Hall–Kier alpha value is -1.55. The summed E-state index contributed by atoms with van der Waals surface area (Å²) >= 11 is 0. The van der Waals surface area contributed by atoms with Crippen LogP contribution < -0.4 is 16.4 Å². The maximum atomic E-state index is 11.8. The molecule has 1 aromatic carbocycles. The van der Waals surface area contributed by atoms with Gasteiger partial charge in [0.15, 0.2) is 0 Å². The lowest BCUT2D eigenvalue weighted by molar-refractivity contribution is 0.243. The Bertz CT molecular complexity index is 373. The number of benzene rings is 1. The number of hydrogen-bond donors (Lipinski definition) is 3. The summed E-state index contributed by atoms with van der Waals surface area (Å²) in [5.41, 5.74) is 7.51. The van der Waals surface area contributed by atoms with E-state index < -0.39 is 0 Å². The van der Waals surface area contributed by atoms with E-state index in [1.807, 2.05) is 31.2 Å². The van der Waals surface area contributed by atoms with Crippen molar-refractivity contribution in [3.8, 4) is 0 Å². The second kappa shape index (κ2) is 7.01. The molecule has 100 valence electrons. The minimum Gasteiger partial charge on any atom is -0.335 e. The fraction of sp³-hybridized carbons (Fsp3) is 0.500. The molecule has 4 N–H and O–H groups in total. The van der Waals surface area contributed by atoms with Crippen LogP contribution in [-0.4, -0.2) is 18.6 Å². The maximum Gasteiger partial charge on any atom is 0.319 e. The summed E-state index contributed by atoms with van der Waals surface area (Å²) in [6.07, 6.45) is 0.791. The first kappa shape index (κ1) is 14.5. The quantitative estimate of drug-likeness (QED) is 0.750. The van der Waals surface area contributed by atoms with Crippen LogP contribution in [0.5, 0.6) is 0 Å². The third-order valence-corrected chi connectivity index (χ3v) is 2.91. The van der Waals surface area contributed by atoms with Crippen molar-refractivity contribution in [2.45, 2.75) is 33.2 Å². The van der Waals surface area contributed by atoms with E-state index >= 15 is 0 Å². The van der Waals surface area contributed by atoms with Crippen molar-refractivity contribution in [2.75, 3.05) is 11.9 Å². The molecule has 0 aliphatic carbocycles. The SMILES string of the molecule is Cc1ccc(NC(=O)NC(CCN)C(C)C)cc1. The predicted octanol–water partition coefficient (Wildman–Crippen LogP) is 2.49. The number of amides is 2. The van der Waals surface area contributed by atoms with Crippen molar-refractivity contribution in [1.29, 1.82) is 0 Å². The summed E-state index contributed by atoms with van der Waals surface area (Å²) in [4.78, 5) is 11.8. The molecule has 1 unspecified atom stereocenters. The summed E-state index contributed by atoms with van der Waals surface area (Å²) in [7, 11) is 0. The Morgan fingerprint density at radius 2 is 1.89 bits per heavy atom. The zero-order chi connectivity index (χ0) is 13.5. The third-order valence-electron chi connectivity index (χ3n) is 2.91. The molecule has 0 bridgehead atoms. The molecular formula is C14H23N3O. The maximum absolute atomic E-state index is 11.8. The number of nitrogens with two attached hydrogens (primary N) is 1. The van der Waals surface area contributed by atoms with E-state index in [4.69, 9.17) is 5.73 Å². The van der Waals surface area contributed by atoms with Crippen molar-refractivity contribution in [3.05, 3.63) is 29.8 Å². The average Bonchev–Trinajstić information content (AvgIpc) is 2.31. The normalized spacial score (nSPS) is 12.3. The average molecular weight is 249 g/mol. The highest BCUT2D eigenvalue weighted by Gasteiger charge is 2.15. The van der Waals surface area contributed by atoms with Gasteiger partial charge in [-0.1, -0.05) is 31.5 Å². The molecule has 0 aromatic heterocycles. The Morgan fingerprint density at radius 3 is 2.39 bits per heavy atom. The van der Waals surface area contributed by atoms with Gasteiger partial charge >= 0.3 is 6.03 Å². The smallest absolute Gasteiger partial charge is 0.319 e. The molecule has 4 heteroatoms. The molecule has 0 saturated carbocycles. The molecule has 0 aliphatic heterocycles. The van der Waals surface area contributed by atoms with Gasteiger partial charge in [-0.25, -0.2) is 4.79 Å². The van der Waals surface area contributed by atoms with E-state index in [0.717, 1.165) is 12.1 Å². The van der Waals surface area contributed by atoms with E-state index in [1.165, 1.54) is 5.56 Å². The zero-order valence-corrected chi connectivity index (χ0v) is 11.4. The van der Waals surface area contributed by atoms with Gasteiger partial charge in [0.1, 0.15) is 0 Å². The lowest BCUT2D eigenvalue weighted by Gasteiger charge is -2.22. The summed E-state index contributed by atoms with van der Waals surface area (Å²) < 4.78 is 0. The number of urea groups is 1. The van der Waals surface area contributed by atoms with Crippen molar-refractivity contribution in [1.82, 2.24) is 5.32 Å². The number of carbonyl (C=O) groups is 1. The number of rotatable bonds is 5. The van der Waals surface area contributed by atoms with Gasteiger partial charge in [-0.2, -0.15) is 0 Å². The van der Waals surface area contributed by atoms with Crippen LogP contribution in [0, 0.1) is 12.8 Å². The van der Waals surface area contributed by atoms with Gasteiger partial charge in [0.2, 0.25) is 0 Å². The molecule has 0 radical (unpaired) electrons. The van der Waals surface area contributed by atoms with Gasteiger partial charge in [-0.15, -0.1) is 0 Å². The summed E-state index contributed by atoms with van der Waals surface area (Å²) in [6, 6.07) is 7.65. The second-order valence-corrected chi connectivity index (χ2v) is 4.89. The number of carbonyl (C=O) groups excluding carboxylic acids is 1.